The highest BCUT2D eigenvalue weighted by atomic mass is 32.2. The largest absolute Gasteiger partial charge is 0.480 e. The van der Waals surface area contributed by atoms with Gasteiger partial charge in [-0.2, -0.15) is 0 Å². The van der Waals surface area contributed by atoms with Gasteiger partial charge in [0.2, 0.25) is 5.91 Å². The smallest absolute Gasteiger partial charge is 0.322 e. The fraction of sp³-hybridized carbons (Fsp3) is 0.833. The maximum Gasteiger partial charge on any atom is 0.322 e. The Hall–Kier alpha value is -1.11. The van der Waals surface area contributed by atoms with E-state index in [0.29, 0.717) is 13.1 Å². The van der Waals surface area contributed by atoms with Crippen LogP contribution in [0.5, 0.6) is 0 Å². The van der Waals surface area contributed by atoms with E-state index in [0.717, 1.165) is 0 Å². The molecule has 19 heavy (non-hydrogen) atoms. The minimum atomic E-state index is -4.05. The quantitative estimate of drug-likeness (QED) is 0.748. The molecule has 0 aliphatic carbocycles. The van der Waals surface area contributed by atoms with E-state index in [4.69, 9.17) is 5.11 Å². The lowest BCUT2D eigenvalue weighted by atomic mass is 10.1. The lowest BCUT2D eigenvalue weighted by Gasteiger charge is -2.26. The van der Waals surface area contributed by atoms with Crippen LogP contribution in [-0.2, 0) is 19.4 Å². The summed E-state index contributed by atoms with van der Waals surface area (Å²) in [5, 5.41) is 6.17. The molecule has 1 amide bonds. The molecule has 0 bridgehead atoms. The molecule has 0 aliphatic rings. The van der Waals surface area contributed by atoms with Gasteiger partial charge in [-0.1, -0.05) is 13.8 Å². The molecule has 0 aromatic carbocycles. The SMILES string of the molecule is CCN(CC)C(=O)C(C)S(=O)(=O)C(C(=O)O)C(C)C. The van der Waals surface area contributed by atoms with Crippen LogP contribution >= 0.6 is 0 Å². The predicted molar refractivity (Wildman–Crippen MR) is 72.6 cm³/mol. The van der Waals surface area contributed by atoms with Gasteiger partial charge in [-0.3, -0.25) is 9.59 Å². The molecule has 0 saturated heterocycles. The monoisotopic (exact) mass is 293 g/mol. The molecule has 0 fully saturated rings. The summed E-state index contributed by atoms with van der Waals surface area (Å²) in [6.07, 6.45) is 0. The van der Waals surface area contributed by atoms with Crippen molar-refractivity contribution >= 4 is 21.7 Å². The first-order valence-corrected chi connectivity index (χ1v) is 7.96. The van der Waals surface area contributed by atoms with Crippen LogP contribution in [-0.4, -0.2) is 53.9 Å². The second-order valence-corrected chi connectivity index (χ2v) is 7.14. The molecule has 0 saturated carbocycles. The third kappa shape index (κ3) is 3.92. The Bertz CT molecular complexity index is 425. The van der Waals surface area contributed by atoms with Crippen molar-refractivity contribution in [2.45, 2.75) is 45.1 Å². The highest BCUT2D eigenvalue weighted by molar-refractivity contribution is 7.94. The number of hydrogen-bond donors (Lipinski definition) is 1. The van der Waals surface area contributed by atoms with E-state index in [1.165, 1.54) is 25.7 Å². The normalized spacial score (nSPS) is 15.1. The number of carboxylic acids is 1. The summed E-state index contributed by atoms with van der Waals surface area (Å²) < 4.78 is 24.5. The van der Waals surface area contributed by atoms with Gasteiger partial charge in [-0.05, 0) is 26.7 Å². The van der Waals surface area contributed by atoms with Gasteiger partial charge in [0.25, 0.3) is 0 Å². The lowest BCUT2D eigenvalue weighted by molar-refractivity contribution is -0.137. The van der Waals surface area contributed by atoms with Gasteiger partial charge in [0.15, 0.2) is 15.1 Å². The Morgan fingerprint density at radius 2 is 1.53 bits per heavy atom. The molecule has 2 unspecified atom stereocenters. The van der Waals surface area contributed by atoms with Gasteiger partial charge in [-0.15, -0.1) is 0 Å². The highest BCUT2D eigenvalue weighted by Gasteiger charge is 2.42. The molecular weight excluding hydrogens is 270 g/mol. The molecule has 0 spiro atoms. The number of rotatable bonds is 7. The lowest BCUT2D eigenvalue weighted by Crippen LogP contribution is -2.48. The van der Waals surface area contributed by atoms with E-state index in [1.807, 2.05) is 0 Å². The van der Waals surface area contributed by atoms with Crippen molar-refractivity contribution in [3.05, 3.63) is 0 Å². The minimum absolute atomic E-state index is 0.397. The summed E-state index contributed by atoms with van der Waals surface area (Å²) in [4.78, 5) is 24.6. The Balaban J connectivity index is 5.41. The number of sulfone groups is 1. The average molecular weight is 293 g/mol. The molecule has 6 nitrogen and oxygen atoms in total. The van der Waals surface area contributed by atoms with Gasteiger partial charge in [0.05, 0.1) is 0 Å². The maximum atomic E-state index is 12.3. The number of hydrogen-bond acceptors (Lipinski definition) is 4. The van der Waals surface area contributed by atoms with Gasteiger partial charge < -0.3 is 10.0 Å². The van der Waals surface area contributed by atoms with Crippen LogP contribution in [0.3, 0.4) is 0 Å². The zero-order valence-electron chi connectivity index (χ0n) is 12.1. The molecule has 2 atom stereocenters. The van der Waals surface area contributed by atoms with Crippen LogP contribution in [0.15, 0.2) is 0 Å². The fourth-order valence-electron chi connectivity index (χ4n) is 1.96. The zero-order chi connectivity index (χ0) is 15.4. The first-order chi connectivity index (χ1) is 8.61. The van der Waals surface area contributed by atoms with Gasteiger partial charge in [0.1, 0.15) is 5.25 Å². The minimum Gasteiger partial charge on any atom is -0.480 e. The van der Waals surface area contributed by atoms with Crippen molar-refractivity contribution in [3.63, 3.8) is 0 Å². The number of aliphatic carboxylic acids is 1. The molecule has 0 radical (unpaired) electrons. The molecule has 112 valence electrons. The third-order valence-electron chi connectivity index (χ3n) is 3.12. The summed E-state index contributed by atoms with van der Waals surface area (Å²) in [7, 11) is -4.05. The standard InChI is InChI=1S/C12H23NO5S/c1-6-13(7-2)11(14)9(5)19(17,18)10(8(3)4)12(15)16/h8-10H,6-7H2,1-5H3,(H,15,16). The van der Waals surface area contributed by atoms with E-state index in [9.17, 15) is 18.0 Å². The van der Waals surface area contributed by atoms with Crippen molar-refractivity contribution in [1.29, 1.82) is 0 Å². The van der Waals surface area contributed by atoms with Gasteiger partial charge >= 0.3 is 5.97 Å². The molecule has 0 aromatic heterocycles. The number of carbonyl (C=O) groups is 2. The zero-order valence-corrected chi connectivity index (χ0v) is 12.9. The van der Waals surface area contributed by atoms with E-state index >= 15 is 0 Å². The number of nitrogens with zero attached hydrogens (tertiary/aromatic N) is 1. The van der Waals surface area contributed by atoms with Crippen molar-refractivity contribution in [3.8, 4) is 0 Å². The summed E-state index contributed by atoms with van der Waals surface area (Å²) in [5.74, 6) is -2.54. The van der Waals surface area contributed by atoms with E-state index in [-0.39, 0.29) is 0 Å². The van der Waals surface area contributed by atoms with E-state index < -0.39 is 38.1 Å². The molecule has 7 heteroatoms. The van der Waals surface area contributed by atoms with Crippen LogP contribution in [0.1, 0.15) is 34.6 Å². The topological polar surface area (TPSA) is 91.8 Å². The number of amides is 1. The van der Waals surface area contributed by atoms with Crippen LogP contribution in [0.2, 0.25) is 0 Å². The Labute approximate surface area is 114 Å². The molecule has 0 rings (SSSR count). The van der Waals surface area contributed by atoms with Gasteiger partial charge in [-0.25, -0.2) is 8.42 Å². The Morgan fingerprint density at radius 1 is 1.11 bits per heavy atom. The van der Waals surface area contributed by atoms with Crippen molar-refractivity contribution in [1.82, 2.24) is 4.90 Å². The summed E-state index contributed by atoms with van der Waals surface area (Å²) in [5.41, 5.74) is 0. The van der Waals surface area contributed by atoms with Gasteiger partial charge in [0, 0.05) is 13.1 Å². The molecule has 1 N–H and O–H groups in total. The highest BCUT2D eigenvalue weighted by Crippen LogP contribution is 2.19. The molecular formula is C12H23NO5S. The molecule has 0 aliphatic heterocycles. The van der Waals surface area contributed by atoms with Crippen LogP contribution in [0.25, 0.3) is 0 Å². The summed E-state index contributed by atoms with van der Waals surface area (Å²) in [6.45, 7) is 8.59. The first-order valence-electron chi connectivity index (χ1n) is 6.35. The van der Waals surface area contributed by atoms with Crippen molar-refractivity contribution in [2.24, 2.45) is 5.92 Å². The number of carboxylic acid groups (broad SMARTS) is 1. The predicted octanol–water partition coefficient (Wildman–Crippen LogP) is 0.767. The first kappa shape index (κ1) is 17.9. The van der Waals surface area contributed by atoms with Crippen LogP contribution in [0, 0.1) is 5.92 Å². The van der Waals surface area contributed by atoms with Crippen LogP contribution in [0.4, 0.5) is 0 Å². The number of carbonyl (C=O) groups excluding carboxylic acids is 1. The molecule has 0 heterocycles. The van der Waals surface area contributed by atoms with Crippen molar-refractivity contribution in [2.75, 3.05) is 13.1 Å². The summed E-state index contributed by atoms with van der Waals surface area (Å²) >= 11 is 0. The third-order valence-corrected chi connectivity index (χ3v) is 5.76. The Morgan fingerprint density at radius 3 is 1.79 bits per heavy atom. The van der Waals surface area contributed by atoms with E-state index in [2.05, 4.69) is 0 Å². The average Bonchev–Trinajstić information content (AvgIpc) is 2.27. The second kappa shape index (κ2) is 6.88. The van der Waals surface area contributed by atoms with Crippen LogP contribution < -0.4 is 0 Å². The fourth-order valence-corrected chi connectivity index (χ4v) is 3.87. The summed E-state index contributed by atoms with van der Waals surface area (Å²) in [6, 6.07) is 0. The Kier molecular flexibility index (Phi) is 6.48. The van der Waals surface area contributed by atoms with Crippen molar-refractivity contribution < 1.29 is 23.1 Å². The second-order valence-electron chi connectivity index (χ2n) is 4.74. The molecule has 0 aromatic rings. The van der Waals surface area contributed by atoms with E-state index in [1.54, 1.807) is 13.8 Å². The maximum absolute atomic E-state index is 12.3.